The molecule has 0 bridgehead atoms. The minimum absolute atomic E-state index is 0.380. The second kappa shape index (κ2) is 3.80. The Bertz CT molecular complexity index is 712. The molecule has 0 aliphatic rings. The first kappa shape index (κ1) is 10.7. The number of ether oxygens (including phenoxy) is 1. The molecule has 0 radical (unpaired) electrons. The molecule has 3 rings (SSSR count). The Morgan fingerprint density at radius 2 is 2.17 bits per heavy atom. The molecule has 0 atom stereocenters. The van der Waals surface area contributed by atoms with E-state index in [4.69, 9.17) is 15.0 Å². The molecule has 0 fully saturated rings. The molecule has 2 heterocycles. The molecule has 0 saturated carbocycles. The van der Waals surface area contributed by atoms with Crippen LogP contribution in [0.15, 0.2) is 35.0 Å². The lowest BCUT2D eigenvalue weighted by atomic mass is 10.1. The molecule has 18 heavy (non-hydrogen) atoms. The Labute approximate surface area is 104 Å². The van der Waals surface area contributed by atoms with Crippen LogP contribution in [0, 0.1) is 0 Å². The lowest BCUT2D eigenvalue weighted by molar-refractivity contribution is 0.417. The maximum Gasteiger partial charge on any atom is 0.169 e. The zero-order chi connectivity index (χ0) is 12.7. The van der Waals surface area contributed by atoms with Gasteiger partial charge in [0, 0.05) is 30.3 Å². The van der Waals surface area contributed by atoms with Crippen LogP contribution in [0.3, 0.4) is 0 Å². The van der Waals surface area contributed by atoms with Crippen LogP contribution in [-0.2, 0) is 7.05 Å². The summed E-state index contributed by atoms with van der Waals surface area (Å²) in [5.41, 5.74) is 7.56. The number of aromatic nitrogens is 2. The zero-order valence-corrected chi connectivity index (χ0v) is 10.2. The summed E-state index contributed by atoms with van der Waals surface area (Å²) >= 11 is 0. The largest absolute Gasteiger partial charge is 0.495 e. The van der Waals surface area contributed by atoms with Crippen molar-refractivity contribution >= 4 is 16.7 Å². The van der Waals surface area contributed by atoms with Crippen molar-refractivity contribution in [3.63, 3.8) is 0 Å². The molecule has 5 heteroatoms. The van der Waals surface area contributed by atoms with E-state index >= 15 is 0 Å². The fourth-order valence-electron chi connectivity index (χ4n) is 2.18. The first-order chi connectivity index (χ1) is 8.70. The number of methoxy groups -OCH3 is 1. The molecule has 0 saturated heterocycles. The highest BCUT2D eigenvalue weighted by molar-refractivity contribution is 5.97. The highest BCUT2D eigenvalue weighted by Gasteiger charge is 2.14. The van der Waals surface area contributed by atoms with E-state index in [0.717, 1.165) is 22.2 Å². The van der Waals surface area contributed by atoms with Crippen LogP contribution in [0.2, 0.25) is 0 Å². The van der Waals surface area contributed by atoms with E-state index in [1.165, 1.54) is 0 Å². The summed E-state index contributed by atoms with van der Waals surface area (Å²) in [6.45, 7) is 0. The highest BCUT2D eigenvalue weighted by atomic mass is 16.5. The Balaban J connectivity index is 2.32. The number of fused-ring (bicyclic) bond motifs is 1. The molecular weight excluding hydrogens is 230 g/mol. The highest BCUT2D eigenvalue weighted by Crippen LogP contribution is 2.35. The fraction of sp³-hybridized carbons (Fsp3) is 0.154. The molecule has 2 N–H and O–H groups in total. The van der Waals surface area contributed by atoms with Gasteiger partial charge in [-0.05, 0) is 18.2 Å². The summed E-state index contributed by atoms with van der Waals surface area (Å²) in [5.74, 6) is 1.87. The van der Waals surface area contributed by atoms with Gasteiger partial charge in [-0.1, -0.05) is 5.16 Å². The average molecular weight is 243 g/mol. The number of hydrogen-bond acceptors (Lipinski definition) is 4. The van der Waals surface area contributed by atoms with Gasteiger partial charge in [0.05, 0.1) is 12.6 Å². The second-order valence-corrected chi connectivity index (χ2v) is 4.12. The standard InChI is InChI=1S/C13H13N3O2/c1-16-6-5-9-8(11-7-12(14)15-18-11)3-4-10(17-2)13(9)16/h3-7H,1-2H3,(H2,14,15). The lowest BCUT2D eigenvalue weighted by Crippen LogP contribution is -1.91. The Kier molecular flexibility index (Phi) is 2.26. The van der Waals surface area contributed by atoms with Gasteiger partial charge in [0.25, 0.3) is 0 Å². The van der Waals surface area contributed by atoms with Crippen LogP contribution in [0.4, 0.5) is 5.82 Å². The van der Waals surface area contributed by atoms with Crippen molar-refractivity contribution in [3.05, 3.63) is 30.5 Å². The van der Waals surface area contributed by atoms with E-state index in [2.05, 4.69) is 5.16 Å². The van der Waals surface area contributed by atoms with E-state index in [-0.39, 0.29) is 0 Å². The van der Waals surface area contributed by atoms with Crippen molar-refractivity contribution in [2.24, 2.45) is 7.05 Å². The first-order valence-corrected chi connectivity index (χ1v) is 5.55. The van der Waals surface area contributed by atoms with Crippen LogP contribution >= 0.6 is 0 Å². The zero-order valence-electron chi connectivity index (χ0n) is 10.2. The topological polar surface area (TPSA) is 66.2 Å². The van der Waals surface area contributed by atoms with Gasteiger partial charge < -0.3 is 19.6 Å². The van der Waals surface area contributed by atoms with Gasteiger partial charge in [-0.15, -0.1) is 0 Å². The normalized spacial score (nSPS) is 11.0. The van der Waals surface area contributed by atoms with Crippen molar-refractivity contribution in [1.29, 1.82) is 0 Å². The predicted molar refractivity (Wildman–Crippen MR) is 69.4 cm³/mol. The van der Waals surface area contributed by atoms with Gasteiger partial charge in [0.1, 0.15) is 5.75 Å². The number of nitrogens with two attached hydrogens (primary N) is 1. The van der Waals surface area contributed by atoms with E-state index in [1.54, 1.807) is 13.2 Å². The molecular formula is C13H13N3O2. The van der Waals surface area contributed by atoms with Crippen molar-refractivity contribution < 1.29 is 9.26 Å². The number of nitrogens with zero attached hydrogens (tertiary/aromatic N) is 2. The summed E-state index contributed by atoms with van der Waals surface area (Å²) in [4.78, 5) is 0. The predicted octanol–water partition coefficient (Wildman–Crippen LogP) is 2.42. The Morgan fingerprint density at radius 1 is 1.33 bits per heavy atom. The second-order valence-electron chi connectivity index (χ2n) is 4.12. The van der Waals surface area contributed by atoms with E-state index in [9.17, 15) is 0 Å². The maximum atomic E-state index is 5.59. The molecule has 0 amide bonds. The molecule has 0 aliphatic carbocycles. The Hall–Kier alpha value is -2.43. The van der Waals surface area contributed by atoms with Gasteiger partial charge in [-0.2, -0.15) is 0 Å². The third-order valence-electron chi connectivity index (χ3n) is 3.01. The fourth-order valence-corrected chi connectivity index (χ4v) is 2.18. The number of nitrogen functional groups attached to an aromatic ring is 1. The molecule has 1 aromatic carbocycles. The summed E-state index contributed by atoms with van der Waals surface area (Å²) in [6.07, 6.45) is 1.98. The summed E-state index contributed by atoms with van der Waals surface area (Å²) in [5, 5.41) is 4.76. The van der Waals surface area contributed by atoms with Crippen molar-refractivity contribution in [2.45, 2.75) is 0 Å². The van der Waals surface area contributed by atoms with Crippen LogP contribution in [0.5, 0.6) is 5.75 Å². The minimum Gasteiger partial charge on any atom is -0.495 e. The molecule has 92 valence electrons. The van der Waals surface area contributed by atoms with Crippen LogP contribution in [-0.4, -0.2) is 16.8 Å². The van der Waals surface area contributed by atoms with Gasteiger partial charge in [-0.3, -0.25) is 0 Å². The monoisotopic (exact) mass is 243 g/mol. The first-order valence-electron chi connectivity index (χ1n) is 5.55. The minimum atomic E-state index is 0.380. The van der Waals surface area contributed by atoms with Gasteiger partial charge in [0.2, 0.25) is 0 Å². The average Bonchev–Trinajstić information content (AvgIpc) is 2.96. The number of benzene rings is 1. The molecule has 5 nitrogen and oxygen atoms in total. The van der Waals surface area contributed by atoms with Crippen molar-refractivity contribution in [2.75, 3.05) is 12.8 Å². The van der Waals surface area contributed by atoms with Crippen molar-refractivity contribution in [1.82, 2.24) is 9.72 Å². The SMILES string of the molecule is COc1ccc(-c2cc(N)no2)c2ccn(C)c12. The number of anilines is 1. The molecule has 0 aliphatic heterocycles. The van der Waals surface area contributed by atoms with Gasteiger partial charge >= 0.3 is 0 Å². The number of hydrogen-bond donors (Lipinski definition) is 1. The molecule has 3 aromatic rings. The smallest absolute Gasteiger partial charge is 0.169 e. The van der Waals surface area contributed by atoms with E-state index < -0.39 is 0 Å². The summed E-state index contributed by atoms with van der Waals surface area (Å²) in [7, 11) is 3.64. The Morgan fingerprint density at radius 3 is 2.83 bits per heavy atom. The third-order valence-corrected chi connectivity index (χ3v) is 3.01. The van der Waals surface area contributed by atoms with Crippen LogP contribution in [0.25, 0.3) is 22.2 Å². The molecule has 0 spiro atoms. The maximum absolute atomic E-state index is 5.59. The number of rotatable bonds is 2. The summed E-state index contributed by atoms with van der Waals surface area (Å²) < 4.78 is 12.6. The van der Waals surface area contributed by atoms with Gasteiger partial charge in [0.15, 0.2) is 11.6 Å². The molecule has 0 unspecified atom stereocenters. The van der Waals surface area contributed by atoms with Gasteiger partial charge in [-0.25, -0.2) is 0 Å². The lowest BCUT2D eigenvalue weighted by Gasteiger charge is -2.07. The quantitative estimate of drug-likeness (QED) is 0.750. The van der Waals surface area contributed by atoms with E-state index in [1.807, 2.05) is 36.0 Å². The van der Waals surface area contributed by atoms with E-state index in [0.29, 0.717) is 11.6 Å². The van der Waals surface area contributed by atoms with Crippen molar-refractivity contribution in [3.8, 4) is 17.1 Å². The third kappa shape index (κ3) is 1.44. The number of aryl methyl sites for hydroxylation is 1. The summed E-state index contributed by atoms with van der Waals surface area (Å²) in [6, 6.07) is 7.59. The molecule has 2 aromatic heterocycles. The van der Waals surface area contributed by atoms with Crippen LogP contribution in [0.1, 0.15) is 0 Å². The van der Waals surface area contributed by atoms with Crippen LogP contribution < -0.4 is 10.5 Å².